The van der Waals surface area contributed by atoms with Crippen LogP contribution >= 0.6 is 0 Å². The van der Waals surface area contributed by atoms with Gasteiger partial charge in [0, 0.05) is 19.8 Å². The highest BCUT2D eigenvalue weighted by atomic mass is 16.5. The summed E-state index contributed by atoms with van der Waals surface area (Å²) >= 11 is 0. The zero-order valence-electron chi connectivity index (χ0n) is 20.2. The van der Waals surface area contributed by atoms with Crippen molar-refractivity contribution in [1.82, 2.24) is 15.0 Å². The average Bonchev–Trinajstić information content (AvgIpc) is 2.80. The molecule has 0 fully saturated rings. The van der Waals surface area contributed by atoms with E-state index in [2.05, 4.69) is 20.4 Å². The maximum absolute atomic E-state index is 13.4. The fourth-order valence-corrected chi connectivity index (χ4v) is 3.53. The van der Waals surface area contributed by atoms with Gasteiger partial charge in [0.25, 0.3) is 17.2 Å². The summed E-state index contributed by atoms with van der Waals surface area (Å²) in [5.41, 5.74) is 1.67. The Morgan fingerprint density at radius 2 is 1.86 bits per heavy atom. The first-order valence-electron chi connectivity index (χ1n) is 11.0. The Kier molecular flexibility index (Phi) is 7.75. The molecule has 2 N–H and O–H groups in total. The number of ether oxygens (including phenoxy) is 1. The number of H-pyrrole nitrogens is 1. The molecular formula is C25H27N5O5. The van der Waals surface area contributed by atoms with Gasteiger partial charge in [-0.25, -0.2) is 9.78 Å². The molecule has 3 aromatic rings. The number of nitrogens with zero attached hydrogens (tertiary/aromatic N) is 3. The van der Waals surface area contributed by atoms with Crippen LogP contribution in [0.15, 0.2) is 52.4 Å². The molecule has 0 bridgehead atoms. The lowest BCUT2D eigenvalue weighted by atomic mass is 9.93. The van der Waals surface area contributed by atoms with Gasteiger partial charge >= 0.3 is 5.97 Å². The summed E-state index contributed by atoms with van der Waals surface area (Å²) in [6.45, 7) is 5.22. The molecule has 2 aromatic carbocycles. The van der Waals surface area contributed by atoms with Crippen molar-refractivity contribution in [1.29, 1.82) is 0 Å². The van der Waals surface area contributed by atoms with Gasteiger partial charge < -0.3 is 20.0 Å². The minimum atomic E-state index is -1.70. The van der Waals surface area contributed by atoms with Crippen LogP contribution in [0.25, 0.3) is 11.0 Å². The Labute approximate surface area is 202 Å². The molecule has 1 atom stereocenters. The number of esters is 1. The summed E-state index contributed by atoms with van der Waals surface area (Å²) in [6.07, 6.45) is 0. The van der Waals surface area contributed by atoms with Gasteiger partial charge in [-0.15, -0.1) is 0 Å². The van der Waals surface area contributed by atoms with Crippen molar-refractivity contribution in [2.45, 2.75) is 26.7 Å². The van der Waals surface area contributed by atoms with Crippen molar-refractivity contribution >= 4 is 40.1 Å². The minimum absolute atomic E-state index is 0.0618. The third kappa shape index (κ3) is 5.78. The van der Waals surface area contributed by atoms with Crippen LogP contribution in [0.5, 0.6) is 0 Å². The van der Waals surface area contributed by atoms with Crippen LogP contribution in [0.2, 0.25) is 0 Å². The number of hydrazone groups is 1. The first-order valence-corrected chi connectivity index (χ1v) is 11.0. The van der Waals surface area contributed by atoms with E-state index in [1.54, 1.807) is 51.4 Å². The van der Waals surface area contributed by atoms with Crippen molar-refractivity contribution in [2.24, 2.45) is 5.10 Å². The molecule has 35 heavy (non-hydrogen) atoms. The number of hydrogen-bond donors (Lipinski definition) is 2. The van der Waals surface area contributed by atoms with Crippen LogP contribution in [0, 0.1) is 13.8 Å². The van der Waals surface area contributed by atoms with Crippen molar-refractivity contribution in [3.8, 4) is 0 Å². The number of carbonyl (C=O) groups excluding carboxylic acids is 3. The topological polar surface area (TPSA) is 134 Å². The summed E-state index contributed by atoms with van der Waals surface area (Å²) in [4.78, 5) is 59.2. The van der Waals surface area contributed by atoms with E-state index in [9.17, 15) is 19.2 Å². The van der Waals surface area contributed by atoms with Crippen LogP contribution in [0.4, 0.5) is 5.69 Å². The number of anilines is 1. The molecule has 0 aliphatic carbocycles. The lowest BCUT2D eigenvalue weighted by Crippen LogP contribution is -2.41. The van der Waals surface area contributed by atoms with E-state index < -0.39 is 29.1 Å². The number of hydrogen-bond acceptors (Lipinski definition) is 8. The van der Waals surface area contributed by atoms with Crippen molar-refractivity contribution in [3.63, 3.8) is 0 Å². The predicted molar refractivity (Wildman–Crippen MR) is 132 cm³/mol. The molecule has 182 valence electrons. The second-order valence-corrected chi connectivity index (χ2v) is 8.09. The van der Waals surface area contributed by atoms with E-state index in [0.717, 1.165) is 11.1 Å². The smallest absolute Gasteiger partial charge is 0.375 e. The summed E-state index contributed by atoms with van der Waals surface area (Å²) in [5.74, 6) is -4.78. The molecular weight excluding hydrogens is 450 g/mol. The second kappa shape index (κ2) is 10.7. The molecule has 10 nitrogen and oxygen atoms in total. The fraction of sp³-hybridized carbons (Fsp3) is 0.280. The van der Waals surface area contributed by atoms with Gasteiger partial charge in [-0.2, -0.15) is 5.10 Å². The van der Waals surface area contributed by atoms with Crippen LogP contribution in [-0.2, 0) is 19.1 Å². The maximum atomic E-state index is 13.4. The lowest BCUT2D eigenvalue weighted by Gasteiger charge is -2.19. The third-order valence-corrected chi connectivity index (χ3v) is 5.08. The molecule has 0 spiro atoms. The molecule has 1 heterocycles. The van der Waals surface area contributed by atoms with Gasteiger partial charge in [-0.1, -0.05) is 29.8 Å². The quantitative estimate of drug-likeness (QED) is 0.220. The molecule has 1 amide bonds. The summed E-state index contributed by atoms with van der Waals surface area (Å²) in [7, 11) is 3.10. The van der Waals surface area contributed by atoms with Crippen LogP contribution < -0.4 is 10.9 Å². The number of Topliss-reactive ketones (excluding diaryl/α,β-unsaturated/α-hetero) is 1. The minimum Gasteiger partial charge on any atom is -0.460 e. The Hall–Kier alpha value is -4.34. The third-order valence-electron chi connectivity index (χ3n) is 5.08. The number of aromatic amines is 1. The highest BCUT2D eigenvalue weighted by Crippen LogP contribution is 2.21. The standard InChI is InChI=1S/C25H27N5O5/c1-6-35-25(34)22(31)19(20-23(32)28-18-10-8-7-9-17(18)26-20)21(29-30(4)5)24(33)27-16-12-11-14(2)13-15(16)3/h7-13,19H,6H2,1-5H3,(H,27,33)(H,28,32)/b29-21-. The SMILES string of the molecule is CCOC(=O)C(=O)C(/C(=N/N(C)C)C(=O)Nc1ccc(C)cc1C)c1nc2ccccc2[nH]c1=O. The highest BCUT2D eigenvalue weighted by molar-refractivity contribution is 6.54. The van der Waals surface area contributed by atoms with E-state index in [1.807, 2.05) is 26.0 Å². The molecule has 0 saturated heterocycles. The number of para-hydroxylation sites is 2. The van der Waals surface area contributed by atoms with E-state index in [1.165, 1.54) is 5.01 Å². The monoisotopic (exact) mass is 477 g/mol. The van der Waals surface area contributed by atoms with E-state index in [-0.39, 0.29) is 18.0 Å². The predicted octanol–water partition coefficient (Wildman–Crippen LogP) is 2.31. The molecule has 1 unspecified atom stereocenters. The summed E-state index contributed by atoms with van der Waals surface area (Å²) < 4.78 is 4.89. The van der Waals surface area contributed by atoms with Gasteiger partial charge in [0.05, 0.1) is 17.6 Å². The number of fused-ring (bicyclic) bond motifs is 1. The second-order valence-electron chi connectivity index (χ2n) is 8.09. The number of aryl methyl sites for hydroxylation is 2. The zero-order chi connectivity index (χ0) is 25.7. The van der Waals surface area contributed by atoms with Gasteiger partial charge in [0.15, 0.2) is 0 Å². The number of benzene rings is 2. The highest BCUT2D eigenvalue weighted by Gasteiger charge is 2.39. The maximum Gasteiger partial charge on any atom is 0.375 e. The Balaban J connectivity index is 2.19. The Morgan fingerprint density at radius 3 is 2.51 bits per heavy atom. The molecule has 0 saturated carbocycles. The van der Waals surface area contributed by atoms with Crippen LogP contribution in [0.3, 0.4) is 0 Å². The number of ketones is 1. The molecule has 3 rings (SSSR count). The van der Waals surface area contributed by atoms with Gasteiger partial charge in [-0.3, -0.25) is 14.4 Å². The van der Waals surface area contributed by atoms with Gasteiger partial charge in [0.1, 0.15) is 17.3 Å². The summed E-state index contributed by atoms with van der Waals surface area (Å²) in [5, 5.41) is 8.24. The van der Waals surface area contributed by atoms with Crippen molar-refractivity contribution in [2.75, 3.05) is 26.0 Å². The number of nitrogens with one attached hydrogen (secondary N) is 2. The average molecular weight is 478 g/mol. The van der Waals surface area contributed by atoms with Gasteiger partial charge in [-0.05, 0) is 44.5 Å². The fourth-order valence-electron chi connectivity index (χ4n) is 3.53. The first kappa shape index (κ1) is 25.3. The molecule has 0 radical (unpaired) electrons. The largest absolute Gasteiger partial charge is 0.460 e. The van der Waals surface area contributed by atoms with Crippen LogP contribution in [-0.4, -0.2) is 59.1 Å². The van der Waals surface area contributed by atoms with Crippen LogP contribution in [0.1, 0.15) is 29.7 Å². The van der Waals surface area contributed by atoms with E-state index >= 15 is 0 Å². The van der Waals surface area contributed by atoms with Crippen molar-refractivity contribution < 1.29 is 19.1 Å². The number of aromatic nitrogens is 2. The molecule has 0 aliphatic rings. The Bertz CT molecular complexity index is 1380. The number of amides is 1. The molecule has 1 aromatic heterocycles. The number of rotatable bonds is 8. The summed E-state index contributed by atoms with van der Waals surface area (Å²) in [6, 6.07) is 12.1. The van der Waals surface area contributed by atoms with E-state index in [0.29, 0.717) is 16.7 Å². The zero-order valence-corrected chi connectivity index (χ0v) is 20.2. The lowest BCUT2D eigenvalue weighted by molar-refractivity contribution is -0.153. The molecule has 10 heteroatoms. The normalized spacial score (nSPS) is 12.2. The van der Waals surface area contributed by atoms with Crippen molar-refractivity contribution in [3.05, 3.63) is 69.6 Å². The number of carbonyl (C=O) groups is 3. The van der Waals surface area contributed by atoms with E-state index in [4.69, 9.17) is 4.74 Å². The van der Waals surface area contributed by atoms with Gasteiger partial charge in [0.2, 0.25) is 0 Å². The molecule has 0 aliphatic heterocycles. The Morgan fingerprint density at radius 1 is 1.14 bits per heavy atom. The first-order chi connectivity index (χ1) is 16.6.